The summed E-state index contributed by atoms with van der Waals surface area (Å²) in [5.41, 5.74) is 0. The molecule has 1 atom stereocenters. The van der Waals surface area contributed by atoms with Crippen LogP contribution in [0.3, 0.4) is 0 Å². The highest BCUT2D eigenvalue weighted by Gasteiger charge is 2.26. The zero-order valence-electron chi connectivity index (χ0n) is 11.0. The molecule has 3 heterocycles. The summed E-state index contributed by atoms with van der Waals surface area (Å²) in [5.74, 6) is 0.208. The Morgan fingerprint density at radius 1 is 1.45 bits per heavy atom. The van der Waals surface area contributed by atoms with Gasteiger partial charge in [0, 0.05) is 30.6 Å². The van der Waals surface area contributed by atoms with Crippen LogP contribution in [0.2, 0.25) is 0 Å². The Balaban J connectivity index is 1.64. The van der Waals surface area contributed by atoms with E-state index in [9.17, 15) is 4.79 Å². The molecule has 1 aliphatic heterocycles. The van der Waals surface area contributed by atoms with E-state index < -0.39 is 0 Å². The molecule has 0 bridgehead atoms. The zero-order valence-corrected chi connectivity index (χ0v) is 12.7. The van der Waals surface area contributed by atoms with Gasteiger partial charge in [0.25, 0.3) is 0 Å². The first-order valence-corrected chi connectivity index (χ1v) is 8.36. The second-order valence-electron chi connectivity index (χ2n) is 4.73. The molecule has 0 amide bonds. The first kappa shape index (κ1) is 13.9. The topological polar surface area (TPSA) is 42.4 Å². The molecule has 106 valence electrons. The number of aromatic nitrogens is 1. The van der Waals surface area contributed by atoms with Gasteiger partial charge in [-0.05, 0) is 11.4 Å². The van der Waals surface area contributed by atoms with Gasteiger partial charge in [0.2, 0.25) is 0 Å². The molecule has 1 unspecified atom stereocenters. The number of thiazole rings is 1. The van der Waals surface area contributed by atoms with Gasteiger partial charge in [0.15, 0.2) is 5.78 Å². The molecule has 2 aromatic heterocycles. The maximum atomic E-state index is 12.2. The molecule has 0 radical (unpaired) electrons. The number of nitrogens with zero attached hydrogens (tertiary/aromatic N) is 2. The fourth-order valence-corrected chi connectivity index (χ4v) is 3.66. The Morgan fingerprint density at radius 2 is 2.40 bits per heavy atom. The van der Waals surface area contributed by atoms with E-state index in [0.29, 0.717) is 13.0 Å². The molecule has 0 aromatic carbocycles. The minimum Gasteiger partial charge on any atom is -0.378 e. The van der Waals surface area contributed by atoms with Gasteiger partial charge in [-0.1, -0.05) is 6.07 Å². The van der Waals surface area contributed by atoms with E-state index in [4.69, 9.17) is 4.74 Å². The zero-order chi connectivity index (χ0) is 13.8. The van der Waals surface area contributed by atoms with Crippen LogP contribution in [0.15, 0.2) is 29.1 Å². The third-order valence-corrected chi connectivity index (χ3v) is 5.06. The summed E-state index contributed by atoms with van der Waals surface area (Å²) in [6.07, 6.45) is 2.35. The van der Waals surface area contributed by atoms with E-state index in [0.717, 1.165) is 29.6 Å². The standard InChI is InChI=1S/C14H16N2O2S2/c17-12(13-2-1-6-19-13)8-11-10-18-5-4-16(11)9-14-15-3-7-20-14/h1-3,6-7,11H,4-5,8-10H2. The van der Waals surface area contributed by atoms with Crippen LogP contribution in [-0.2, 0) is 11.3 Å². The molecular formula is C14H16N2O2S2. The van der Waals surface area contributed by atoms with Crippen LogP contribution in [0.25, 0.3) is 0 Å². The van der Waals surface area contributed by atoms with Gasteiger partial charge in [-0.2, -0.15) is 0 Å². The highest BCUT2D eigenvalue weighted by Crippen LogP contribution is 2.19. The number of rotatable bonds is 5. The Kier molecular flexibility index (Phi) is 4.57. The normalized spacial score (nSPS) is 20.1. The van der Waals surface area contributed by atoms with Gasteiger partial charge in [0.05, 0.1) is 24.6 Å². The van der Waals surface area contributed by atoms with Gasteiger partial charge in [-0.15, -0.1) is 22.7 Å². The van der Waals surface area contributed by atoms with Gasteiger partial charge in [0.1, 0.15) is 5.01 Å². The fraction of sp³-hybridized carbons (Fsp3) is 0.429. The summed E-state index contributed by atoms with van der Waals surface area (Å²) in [6, 6.07) is 3.96. The molecule has 1 saturated heterocycles. The minimum atomic E-state index is 0.155. The predicted octanol–water partition coefficient (Wildman–Crippen LogP) is 2.68. The van der Waals surface area contributed by atoms with Crippen molar-refractivity contribution in [3.8, 4) is 0 Å². The third kappa shape index (κ3) is 3.32. The molecule has 4 nitrogen and oxygen atoms in total. The van der Waals surface area contributed by atoms with E-state index in [1.807, 2.05) is 29.1 Å². The van der Waals surface area contributed by atoms with Crippen LogP contribution in [0, 0.1) is 0 Å². The van der Waals surface area contributed by atoms with E-state index in [-0.39, 0.29) is 11.8 Å². The Hall–Kier alpha value is -1.08. The van der Waals surface area contributed by atoms with Crippen molar-refractivity contribution >= 4 is 28.5 Å². The number of thiophene rings is 1. The lowest BCUT2D eigenvalue weighted by molar-refractivity contribution is -0.0125. The van der Waals surface area contributed by atoms with Crippen molar-refractivity contribution < 1.29 is 9.53 Å². The summed E-state index contributed by atoms with van der Waals surface area (Å²) in [7, 11) is 0. The highest BCUT2D eigenvalue weighted by molar-refractivity contribution is 7.12. The molecule has 2 aromatic rings. The molecule has 0 saturated carbocycles. The number of ether oxygens (including phenoxy) is 1. The van der Waals surface area contributed by atoms with Gasteiger partial charge in [-0.25, -0.2) is 4.98 Å². The molecule has 0 N–H and O–H groups in total. The molecule has 20 heavy (non-hydrogen) atoms. The van der Waals surface area contributed by atoms with E-state index in [1.54, 1.807) is 11.3 Å². The SMILES string of the molecule is O=C(CC1COCCN1Cc1nccs1)c1cccs1. The Labute approximate surface area is 126 Å². The molecule has 3 rings (SSSR count). The Bertz CT molecular complexity index is 540. The second-order valence-corrected chi connectivity index (χ2v) is 6.66. The smallest absolute Gasteiger partial charge is 0.174 e. The van der Waals surface area contributed by atoms with Crippen LogP contribution in [0.1, 0.15) is 21.1 Å². The van der Waals surface area contributed by atoms with E-state index in [1.165, 1.54) is 11.3 Å². The molecule has 1 fully saturated rings. The van der Waals surface area contributed by atoms with Crippen molar-refractivity contribution in [2.45, 2.75) is 19.0 Å². The lowest BCUT2D eigenvalue weighted by Gasteiger charge is -2.34. The molecular weight excluding hydrogens is 292 g/mol. The van der Waals surface area contributed by atoms with Crippen molar-refractivity contribution in [1.82, 2.24) is 9.88 Å². The van der Waals surface area contributed by atoms with Gasteiger partial charge < -0.3 is 4.74 Å². The first-order chi connectivity index (χ1) is 9.83. The number of morpholine rings is 1. The average molecular weight is 308 g/mol. The number of hydrogen-bond donors (Lipinski definition) is 0. The van der Waals surface area contributed by atoms with Crippen LogP contribution in [-0.4, -0.2) is 41.5 Å². The van der Waals surface area contributed by atoms with Crippen molar-refractivity contribution in [3.05, 3.63) is 39.0 Å². The summed E-state index contributed by atoms with van der Waals surface area (Å²) >= 11 is 3.17. The van der Waals surface area contributed by atoms with E-state index >= 15 is 0 Å². The van der Waals surface area contributed by atoms with Crippen molar-refractivity contribution in [3.63, 3.8) is 0 Å². The number of hydrogen-bond acceptors (Lipinski definition) is 6. The van der Waals surface area contributed by atoms with Gasteiger partial charge >= 0.3 is 0 Å². The largest absolute Gasteiger partial charge is 0.378 e. The monoisotopic (exact) mass is 308 g/mol. The highest BCUT2D eigenvalue weighted by atomic mass is 32.1. The molecule has 1 aliphatic rings. The lowest BCUT2D eigenvalue weighted by atomic mass is 10.1. The van der Waals surface area contributed by atoms with E-state index in [2.05, 4.69) is 9.88 Å². The van der Waals surface area contributed by atoms with Crippen LogP contribution < -0.4 is 0 Å². The maximum absolute atomic E-state index is 12.2. The summed E-state index contributed by atoms with van der Waals surface area (Å²) in [4.78, 5) is 19.7. The number of Topliss-reactive ketones (excluding diaryl/α,β-unsaturated/α-hetero) is 1. The summed E-state index contributed by atoms with van der Waals surface area (Å²) < 4.78 is 5.54. The van der Waals surface area contributed by atoms with Crippen molar-refractivity contribution in [2.24, 2.45) is 0 Å². The number of ketones is 1. The summed E-state index contributed by atoms with van der Waals surface area (Å²) in [5, 5.41) is 5.03. The predicted molar refractivity (Wildman–Crippen MR) is 80.4 cm³/mol. The fourth-order valence-electron chi connectivity index (χ4n) is 2.34. The quantitative estimate of drug-likeness (QED) is 0.797. The second kappa shape index (κ2) is 6.58. The first-order valence-electron chi connectivity index (χ1n) is 6.60. The molecule has 6 heteroatoms. The van der Waals surface area contributed by atoms with Crippen LogP contribution >= 0.6 is 22.7 Å². The van der Waals surface area contributed by atoms with Crippen LogP contribution in [0.4, 0.5) is 0 Å². The number of carbonyl (C=O) groups excluding carboxylic acids is 1. The van der Waals surface area contributed by atoms with Crippen LogP contribution in [0.5, 0.6) is 0 Å². The Morgan fingerprint density at radius 3 is 3.15 bits per heavy atom. The molecule has 0 aliphatic carbocycles. The third-order valence-electron chi connectivity index (χ3n) is 3.39. The molecule has 0 spiro atoms. The summed E-state index contributed by atoms with van der Waals surface area (Å²) in [6.45, 7) is 3.03. The van der Waals surface area contributed by atoms with Gasteiger partial charge in [-0.3, -0.25) is 9.69 Å². The van der Waals surface area contributed by atoms with Crippen molar-refractivity contribution in [1.29, 1.82) is 0 Å². The average Bonchev–Trinajstić information content (AvgIpc) is 3.13. The lowest BCUT2D eigenvalue weighted by Crippen LogP contribution is -2.45. The number of carbonyl (C=O) groups is 1. The van der Waals surface area contributed by atoms with Crippen molar-refractivity contribution in [2.75, 3.05) is 19.8 Å². The maximum Gasteiger partial charge on any atom is 0.174 e. The minimum absolute atomic E-state index is 0.155.